The average Bonchev–Trinajstić information content (AvgIpc) is 3.09. The molecule has 3 aliphatic heterocycles. The minimum Gasteiger partial charge on any atom is -0.470 e. The van der Waals surface area contributed by atoms with E-state index < -0.39 is 0 Å². The standard InChI is InChI=1S/C9H15NO.C9H8O2S/c1-10-5-4-7-2-3-8(11)6-9(7)10;1-2-4-8-7(3-1)11-9(12-8)5-10-6-9/h7,9H,2-6H2,1H3;1-4H,5-6H2. The normalized spacial score (nSPS) is 30.7. The molecule has 1 aromatic rings. The number of ether oxygens (including phenoxy) is 2. The number of Topliss-reactive ketones (excluding diaryl/α,β-unsaturated/α-hetero) is 1. The van der Waals surface area contributed by atoms with Gasteiger partial charge < -0.3 is 14.4 Å². The molecule has 4 aliphatic rings. The molecule has 1 aromatic carbocycles. The highest BCUT2D eigenvalue weighted by molar-refractivity contribution is 8.01. The number of nitrogens with zero attached hydrogens (tertiary/aromatic N) is 1. The van der Waals surface area contributed by atoms with Gasteiger partial charge in [0, 0.05) is 18.9 Å². The van der Waals surface area contributed by atoms with Crippen LogP contribution in [0.5, 0.6) is 5.75 Å². The van der Waals surface area contributed by atoms with Gasteiger partial charge in [0.2, 0.25) is 4.93 Å². The molecule has 2 unspecified atom stereocenters. The topological polar surface area (TPSA) is 38.8 Å². The van der Waals surface area contributed by atoms with Gasteiger partial charge in [-0.05, 0) is 44.5 Å². The van der Waals surface area contributed by atoms with Crippen molar-refractivity contribution < 1.29 is 14.3 Å². The van der Waals surface area contributed by atoms with Gasteiger partial charge in [-0.2, -0.15) is 0 Å². The van der Waals surface area contributed by atoms with Crippen molar-refractivity contribution >= 4 is 17.5 Å². The summed E-state index contributed by atoms with van der Waals surface area (Å²) in [5, 5.41) is 0. The fourth-order valence-corrected chi connectivity index (χ4v) is 5.03. The van der Waals surface area contributed by atoms with Crippen LogP contribution in [0.25, 0.3) is 0 Å². The van der Waals surface area contributed by atoms with Crippen LogP contribution >= 0.6 is 11.8 Å². The lowest BCUT2D eigenvalue weighted by atomic mass is 9.84. The Morgan fingerprint density at radius 2 is 2.09 bits per heavy atom. The number of hydrogen-bond donors (Lipinski definition) is 0. The van der Waals surface area contributed by atoms with E-state index in [0.717, 1.165) is 30.9 Å². The number of carbonyl (C=O) groups is 1. The van der Waals surface area contributed by atoms with E-state index in [1.165, 1.54) is 17.9 Å². The van der Waals surface area contributed by atoms with E-state index >= 15 is 0 Å². The van der Waals surface area contributed by atoms with E-state index in [2.05, 4.69) is 18.0 Å². The van der Waals surface area contributed by atoms with Crippen LogP contribution in [0.1, 0.15) is 25.7 Å². The van der Waals surface area contributed by atoms with Crippen molar-refractivity contribution in [2.75, 3.05) is 26.8 Å². The average molecular weight is 333 g/mol. The summed E-state index contributed by atoms with van der Waals surface area (Å²) < 4.78 is 10.9. The van der Waals surface area contributed by atoms with Crippen LogP contribution in [0.4, 0.5) is 0 Å². The molecule has 0 bridgehead atoms. The molecule has 23 heavy (non-hydrogen) atoms. The second kappa shape index (κ2) is 6.11. The molecule has 2 atom stereocenters. The first-order chi connectivity index (χ1) is 11.2. The van der Waals surface area contributed by atoms with E-state index in [9.17, 15) is 4.79 Å². The largest absolute Gasteiger partial charge is 0.470 e. The maximum atomic E-state index is 11.1. The first-order valence-corrected chi connectivity index (χ1v) is 9.24. The molecule has 0 amide bonds. The maximum Gasteiger partial charge on any atom is 0.205 e. The first-order valence-electron chi connectivity index (χ1n) is 8.42. The fraction of sp³-hybridized carbons (Fsp3) is 0.611. The van der Waals surface area contributed by atoms with E-state index in [0.29, 0.717) is 25.0 Å². The molecule has 3 fully saturated rings. The maximum absolute atomic E-state index is 11.1. The Bertz CT molecular complexity index is 575. The molecular formula is C18H23NO3S. The van der Waals surface area contributed by atoms with Crippen molar-refractivity contribution in [3.8, 4) is 5.75 Å². The summed E-state index contributed by atoms with van der Waals surface area (Å²) in [5.41, 5.74) is 0. The zero-order valence-corrected chi connectivity index (χ0v) is 14.3. The molecule has 5 heteroatoms. The highest BCUT2D eigenvalue weighted by atomic mass is 32.2. The molecule has 0 radical (unpaired) electrons. The van der Waals surface area contributed by atoms with Crippen molar-refractivity contribution in [1.29, 1.82) is 0 Å². The van der Waals surface area contributed by atoms with Gasteiger partial charge in [0.1, 0.15) is 11.5 Å². The van der Waals surface area contributed by atoms with Gasteiger partial charge in [-0.1, -0.05) is 23.9 Å². The number of benzene rings is 1. The molecule has 3 heterocycles. The quantitative estimate of drug-likeness (QED) is 0.730. The molecule has 4 nitrogen and oxygen atoms in total. The number of rotatable bonds is 0. The molecule has 1 spiro atoms. The molecular weight excluding hydrogens is 310 g/mol. The second-order valence-corrected chi connectivity index (χ2v) is 8.32. The summed E-state index contributed by atoms with van der Waals surface area (Å²) in [7, 11) is 2.14. The third-order valence-electron chi connectivity index (χ3n) is 5.28. The summed E-state index contributed by atoms with van der Waals surface area (Å²) in [4.78, 5) is 14.6. The van der Waals surface area contributed by atoms with Crippen molar-refractivity contribution in [3.05, 3.63) is 24.3 Å². The Morgan fingerprint density at radius 3 is 2.83 bits per heavy atom. The SMILES string of the molecule is CN1CCC2CCC(=O)CC21.c1ccc2c(c1)OC1(COC1)S2. The van der Waals surface area contributed by atoms with Gasteiger partial charge in [-0.15, -0.1) is 0 Å². The van der Waals surface area contributed by atoms with Crippen molar-refractivity contribution in [1.82, 2.24) is 4.90 Å². The van der Waals surface area contributed by atoms with E-state index in [1.807, 2.05) is 18.2 Å². The number of carbonyl (C=O) groups excluding carboxylic acids is 1. The van der Waals surface area contributed by atoms with Gasteiger partial charge in [-0.3, -0.25) is 4.79 Å². The summed E-state index contributed by atoms with van der Waals surface area (Å²) in [5.74, 6) is 2.31. The summed E-state index contributed by atoms with van der Waals surface area (Å²) >= 11 is 1.78. The van der Waals surface area contributed by atoms with Crippen LogP contribution in [-0.4, -0.2) is 48.5 Å². The van der Waals surface area contributed by atoms with Crippen LogP contribution < -0.4 is 4.74 Å². The van der Waals surface area contributed by atoms with Gasteiger partial charge >= 0.3 is 0 Å². The summed E-state index contributed by atoms with van der Waals surface area (Å²) in [6.45, 7) is 2.63. The smallest absolute Gasteiger partial charge is 0.205 e. The van der Waals surface area contributed by atoms with E-state index in [4.69, 9.17) is 9.47 Å². The van der Waals surface area contributed by atoms with Crippen LogP contribution in [0, 0.1) is 5.92 Å². The van der Waals surface area contributed by atoms with Gasteiger partial charge in [-0.25, -0.2) is 0 Å². The van der Waals surface area contributed by atoms with Crippen LogP contribution in [-0.2, 0) is 9.53 Å². The van der Waals surface area contributed by atoms with Crippen LogP contribution in [0.3, 0.4) is 0 Å². The van der Waals surface area contributed by atoms with Crippen LogP contribution in [0.2, 0.25) is 0 Å². The molecule has 1 saturated carbocycles. The van der Waals surface area contributed by atoms with Crippen molar-refractivity contribution in [2.24, 2.45) is 5.92 Å². The molecule has 1 aliphatic carbocycles. The molecule has 5 rings (SSSR count). The summed E-state index contributed by atoms with van der Waals surface area (Å²) in [6, 6.07) is 8.73. The lowest BCUT2D eigenvalue weighted by molar-refractivity contribution is -0.122. The minimum absolute atomic E-state index is 0.0797. The number of likely N-dealkylation sites (tertiary alicyclic amines) is 1. The first kappa shape index (κ1) is 15.5. The Labute approximate surface area is 141 Å². The highest BCUT2D eigenvalue weighted by Gasteiger charge is 2.47. The molecule has 0 aromatic heterocycles. The Kier molecular flexibility index (Phi) is 4.12. The second-order valence-electron chi connectivity index (χ2n) is 6.93. The van der Waals surface area contributed by atoms with Gasteiger partial charge in [0.05, 0.1) is 18.1 Å². The van der Waals surface area contributed by atoms with E-state index in [-0.39, 0.29) is 4.93 Å². The van der Waals surface area contributed by atoms with Crippen molar-refractivity contribution in [3.63, 3.8) is 0 Å². The number of hydrogen-bond acceptors (Lipinski definition) is 5. The molecule has 0 N–H and O–H groups in total. The van der Waals surface area contributed by atoms with E-state index in [1.54, 1.807) is 11.8 Å². The predicted octanol–water partition coefficient (Wildman–Crippen LogP) is 2.96. The fourth-order valence-electron chi connectivity index (χ4n) is 3.86. The number of para-hydroxylation sites is 1. The number of fused-ring (bicyclic) bond motifs is 2. The van der Waals surface area contributed by atoms with Gasteiger partial charge in [0.15, 0.2) is 0 Å². The Hall–Kier alpha value is -1.04. The molecule has 124 valence electrons. The Balaban J connectivity index is 0.000000118. The predicted molar refractivity (Wildman–Crippen MR) is 89.9 cm³/mol. The molecule has 2 saturated heterocycles. The summed E-state index contributed by atoms with van der Waals surface area (Å²) in [6.07, 6.45) is 4.12. The lowest BCUT2D eigenvalue weighted by Gasteiger charge is -2.35. The number of thioether (sulfide) groups is 1. The third kappa shape index (κ3) is 3.02. The van der Waals surface area contributed by atoms with Crippen molar-refractivity contribution in [2.45, 2.75) is 41.6 Å². The van der Waals surface area contributed by atoms with Gasteiger partial charge in [0.25, 0.3) is 0 Å². The number of ketones is 1. The zero-order chi connectivity index (χ0) is 15.9. The minimum atomic E-state index is -0.0797. The van der Waals surface area contributed by atoms with Crippen LogP contribution in [0.15, 0.2) is 29.2 Å². The highest BCUT2D eigenvalue weighted by Crippen LogP contribution is 2.50. The lowest BCUT2D eigenvalue weighted by Crippen LogP contribution is -2.49. The third-order valence-corrected chi connectivity index (χ3v) is 6.53. The monoisotopic (exact) mass is 333 g/mol. The zero-order valence-electron chi connectivity index (χ0n) is 13.5. The Morgan fingerprint density at radius 1 is 1.26 bits per heavy atom.